The van der Waals surface area contributed by atoms with Crippen LogP contribution in [0.4, 0.5) is 5.69 Å². The summed E-state index contributed by atoms with van der Waals surface area (Å²) in [6.07, 6.45) is -0.189. The van der Waals surface area contributed by atoms with E-state index in [0.29, 0.717) is 18.1 Å². The number of morpholine rings is 1. The summed E-state index contributed by atoms with van der Waals surface area (Å²) in [5, 5.41) is 10.8. The van der Waals surface area contributed by atoms with E-state index in [1.807, 2.05) is 0 Å². The standard InChI is InChI=1S/C18H18N2O8S2/c21-16(13-2-1-3-14(10-13)20(23)24)12-28-17(22)11-15-4-5-18(29-15)30(25,26)19-6-8-27-9-7-19/h1-5,10H,6-9,11-12H2. The van der Waals surface area contributed by atoms with Gasteiger partial charge in [-0.15, -0.1) is 11.3 Å². The molecular formula is C18H18N2O8S2. The first-order valence-electron chi connectivity index (χ1n) is 8.87. The van der Waals surface area contributed by atoms with E-state index < -0.39 is 33.3 Å². The summed E-state index contributed by atoms with van der Waals surface area (Å²) in [6.45, 7) is 0.657. The molecule has 1 aromatic carbocycles. The van der Waals surface area contributed by atoms with Gasteiger partial charge in [0.25, 0.3) is 15.7 Å². The minimum atomic E-state index is -3.64. The number of hydrogen-bond acceptors (Lipinski definition) is 9. The molecule has 1 aliphatic rings. The van der Waals surface area contributed by atoms with Gasteiger partial charge in [-0.3, -0.25) is 19.7 Å². The zero-order valence-corrected chi connectivity index (χ0v) is 17.3. The number of nitro groups is 1. The van der Waals surface area contributed by atoms with Crippen molar-refractivity contribution in [1.82, 2.24) is 4.31 Å². The molecule has 0 aliphatic carbocycles. The number of ether oxygens (including phenoxy) is 2. The molecule has 0 spiro atoms. The van der Waals surface area contributed by atoms with Gasteiger partial charge in [-0.05, 0) is 12.1 Å². The molecule has 10 nitrogen and oxygen atoms in total. The number of rotatable bonds is 8. The second-order valence-electron chi connectivity index (χ2n) is 6.31. The molecule has 2 aromatic rings. The molecule has 3 rings (SSSR count). The third kappa shape index (κ3) is 5.27. The topological polar surface area (TPSA) is 133 Å². The third-order valence-corrected chi connectivity index (χ3v) is 7.71. The highest BCUT2D eigenvalue weighted by Gasteiger charge is 2.28. The fourth-order valence-corrected chi connectivity index (χ4v) is 5.63. The Kier molecular flexibility index (Phi) is 6.92. The summed E-state index contributed by atoms with van der Waals surface area (Å²) >= 11 is 0.966. The minimum absolute atomic E-state index is 0.0621. The van der Waals surface area contributed by atoms with Gasteiger partial charge in [0.05, 0.1) is 24.6 Å². The van der Waals surface area contributed by atoms with Gasteiger partial charge in [0, 0.05) is 35.7 Å². The molecule has 1 saturated heterocycles. The number of nitrogens with zero attached hydrogens (tertiary/aromatic N) is 2. The smallest absolute Gasteiger partial charge is 0.311 e. The van der Waals surface area contributed by atoms with E-state index in [-0.39, 0.29) is 35.0 Å². The molecule has 160 valence electrons. The SMILES string of the molecule is O=C(Cc1ccc(S(=O)(=O)N2CCOCC2)s1)OCC(=O)c1cccc([N+](=O)[O-])c1. The molecule has 0 saturated carbocycles. The largest absolute Gasteiger partial charge is 0.457 e. The molecule has 2 heterocycles. The van der Waals surface area contributed by atoms with Crippen LogP contribution in [0.25, 0.3) is 0 Å². The van der Waals surface area contributed by atoms with E-state index in [1.54, 1.807) is 0 Å². The first-order chi connectivity index (χ1) is 14.3. The van der Waals surface area contributed by atoms with E-state index >= 15 is 0 Å². The van der Waals surface area contributed by atoms with Gasteiger partial charge < -0.3 is 9.47 Å². The average molecular weight is 454 g/mol. The lowest BCUT2D eigenvalue weighted by molar-refractivity contribution is -0.384. The van der Waals surface area contributed by atoms with Crippen molar-refractivity contribution in [3.05, 3.63) is 57.0 Å². The van der Waals surface area contributed by atoms with Gasteiger partial charge in [-0.1, -0.05) is 12.1 Å². The lowest BCUT2D eigenvalue weighted by Crippen LogP contribution is -2.40. The fraction of sp³-hybridized carbons (Fsp3) is 0.333. The van der Waals surface area contributed by atoms with Crippen LogP contribution in [0.1, 0.15) is 15.2 Å². The molecule has 0 unspecified atom stereocenters. The van der Waals surface area contributed by atoms with Gasteiger partial charge >= 0.3 is 5.97 Å². The first kappa shape index (κ1) is 22.0. The monoisotopic (exact) mass is 454 g/mol. The van der Waals surface area contributed by atoms with Crippen molar-refractivity contribution in [2.45, 2.75) is 10.6 Å². The highest BCUT2D eigenvalue weighted by molar-refractivity contribution is 7.91. The van der Waals surface area contributed by atoms with Crippen LogP contribution in [0.3, 0.4) is 0 Å². The van der Waals surface area contributed by atoms with Crippen LogP contribution in [0.5, 0.6) is 0 Å². The van der Waals surface area contributed by atoms with Crippen LogP contribution in [-0.2, 0) is 30.7 Å². The van der Waals surface area contributed by atoms with E-state index in [4.69, 9.17) is 9.47 Å². The number of carbonyl (C=O) groups is 2. The number of esters is 1. The predicted octanol–water partition coefficient (Wildman–Crippen LogP) is 1.65. The summed E-state index contributed by atoms with van der Waals surface area (Å²) in [6, 6.07) is 8.09. The van der Waals surface area contributed by atoms with Crippen LogP contribution in [0.2, 0.25) is 0 Å². The van der Waals surface area contributed by atoms with Crippen LogP contribution >= 0.6 is 11.3 Å². The van der Waals surface area contributed by atoms with Crippen LogP contribution < -0.4 is 0 Å². The number of nitro benzene ring substituents is 1. The predicted molar refractivity (Wildman–Crippen MR) is 106 cm³/mol. The lowest BCUT2D eigenvalue weighted by atomic mass is 10.1. The first-order valence-corrected chi connectivity index (χ1v) is 11.1. The highest BCUT2D eigenvalue weighted by atomic mass is 32.2. The quantitative estimate of drug-likeness (QED) is 0.254. The molecule has 0 atom stereocenters. The van der Waals surface area contributed by atoms with Crippen molar-refractivity contribution < 1.29 is 32.4 Å². The van der Waals surface area contributed by atoms with Crippen LogP contribution in [0.15, 0.2) is 40.6 Å². The van der Waals surface area contributed by atoms with E-state index in [1.165, 1.54) is 34.6 Å². The number of benzene rings is 1. The number of carbonyl (C=O) groups excluding carboxylic acids is 2. The maximum atomic E-state index is 12.6. The second kappa shape index (κ2) is 9.43. The van der Waals surface area contributed by atoms with Crippen molar-refractivity contribution in [2.24, 2.45) is 0 Å². The summed E-state index contributed by atoms with van der Waals surface area (Å²) in [5.41, 5.74) is -0.174. The molecule has 0 amide bonds. The number of sulfonamides is 1. The normalized spacial score (nSPS) is 14.9. The molecule has 30 heavy (non-hydrogen) atoms. The molecule has 1 aliphatic heterocycles. The molecular weight excluding hydrogens is 436 g/mol. The summed E-state index contributed by atoms with van der Waals surface area (Å²) in [4.78, 5) is 34.8. The second-order valence-corrected chi connectivity index (χ2v) is 9.64. The molecule has 0 radical (unpaired) electrons. The Morgan fingerprint density at radius 1 is 1.20 bits per heavy atom. The number of Topliss-reactive ketones (excluding diaryl/α,β-unsaturated/α-hetero) is 1. The number of thiophene rings is 1. The Bertz CT molecular complexity index is 1060. The summed E-state index contributed by atoms with van der Waals surface area (Å²) in [5.74, 6) is -1.28. The van der Waals surface area contributed by atoms with Crippen LogP contribution in [-0.4, -0.2) is 62.3 Å². The van der Waals surface area contributed by atoms with E-state index in [0.717, 1.165) is 17.4 Å². The third-order valence-electron chi connectivity index (χ3n) is 4.26. The average Bonchev–Trinajstić information content (AvgIpc) is 3.22. The summed E-state index contributed by atoms with van der Waals surface area (Å²) < 4.78 is 36.8. The Hall–Kier alpha value is -2.67. The van der Waals surface area contributed by atoms with Crippen molar-refractivity contribution >= 4 is 38.8 Å². The lowest BCUT2D eigenvalue weighted by Gasteiger charge is -2.25. The minimum Gasteiger partial charge on any atom is -0.457 e. The summed E-state index contributed by atoms with van der Waals surface area (Å²) in [7, 11) is -3.64. The molecule has 1 fully saturated rings. The molecule has 0 bridgehead atoms. The Balaban J connectivity index is 1.56. The van der Waals surface area contributed by atoms with Gasteiger partial charge in [-0.2, -0.15) is 4.31 Å². The maximum Gasteiger partial charge on any atom is 0.311 e. The maximum absolute atomic E-state index is 12.6. The van der Waals surface area contributed by atoms with Gasteiger partial charge in [0.2, 0.25) is 5.78 Å². The zero-order chi connectivity index (χ0) is 21.7. The fourth-order valence-electron chi connectivity index (χ4n) is 2.72. The van der Waals surface area contributed by atoms with Gasteiger partial charge in [0.15, 0.2) is 6.61 Å². The van der Waals surface area contributed by atoms with Gasteiger partial charge in [0.1, 0.15) is 4.21 Å². The van der Waals surface area contributed by atoms with Crippen molar-refractivity contribution in [1.29, 1.82) is 0 Å². The number of non-ortho nitro benzene ring substituents is 1. The molecule has 0 N–H and O–H groups in total. The van der Waals surface area contributed by atoms with Crippen molar-refractivity contribution in [2.75, 3.05) is 32.9 Å². The van der Waals surface area contributed by atoms with Gasteiger partial charge in [-0.25, -0.2) is 8.42 Å². The molecule has 1 aromatic heterocycles. The van der Waals surface area contributed by atoms with Crippen molar-refractivity contribution in [3.63, 3.8) is 0 Å². The van der Waals surface area contributed by atoms with Crippen molar-refractivity contribution in [3.8, 4) is 0 Å². The van der Waals surface area contributed by atoms with E-state index in [2.05, 4.69) is 0 Å². The Morgan fingerprint density at radius 2 is 1.93 bits per heavy atom. The highest BCUT2D eigenvalue weighted by Crippen LogP contribution is 2.26. The Labute approximate surface area is 176 Å². The molecule has 12 heteroatoms. The van der Waals surface area contributed by atoms with Crippen LogP contribution in [0, 0.1) is 10.1 Å². The zero-order valence-electron chi connectivity index (χ0n) is 15.7. The van der Waals surface area contributed by atoms with E-state index in [9.17, 15) is 28.1 Å². The number of ketones is 1. The number of hydrogen-bond donors (Lipinski definition) is 0. The Morgan fingerprint density at radius 3 is 2.63 bits per heavy atom.